The van der Waals surface area contributed by atoms with E-state index < -0.39 is 17.3 Å². The van der Waals surface area contributed by atoms with E-state index in [4.69, 9.17) is 19.9 Å². The molecule has 2 aliphatic heterocycles. The van der Waals surface area contributed by atoms with E-state index in [1.54, 1.807) is 6.07 Å². The van der Waals surface area contributed by atoms with Crippen molar-refractivity contribution in [2.24, 2.45) is 16.6 Å². The zero-order chi connectivity index (χ0) is 20.4. The van der Waals surface area contributed by atoms with Gasteiger partial charge in [-0.05, 0) is 25.1 Å². The van der Waals surface area contributed by atoms with Crippen LogP contribution in [0.1, 0.15) is 23.0 Å². The van der Waals surface area contributed by atoms with Gasteiger partial charge in [0.1, 0.15) is 17.1 Å². The second-order valence-electron chi connectivity index (χ2n) is 6.72. The molecule has 2 aliphatic rings. The fourth-order valence-electron chi connectivity index (χ4n) is 3.48. The highest BCUT2D eigenvalue weighted by molar-refractivity contribution is 6.02. The normalized spacial score (nSPS) is 23.0. The topological polar surface area (TPSA) is 121 Å². The number of amidine groups is 1. The van der Waals surface area contributed by atoms with Crippen molar-refractivity contribution in [2.75, 3.05) is 31.7 Å². The van der Waals surface area contributed by atoms with Gasteiger partial charge in [-0.1, -0.05) is 0 Å². The Balaban J connectivity index is 1.60. The fourth-order valence-corrected chi connectivity index (χ4v) is 3.48. The molecule has 0 spiro atoms. The number of nitrogens with one attached hydrogen (secondary N) is 1. The summed E-state index contributed by atoms with van der Waals surface area (Å²) in [5, 5.41) is 2.70. The number of aliphatic imine (C=N–C) groups is 1. The third-order valence-corrected chi connectivity index (χ3v) is 4.90. The van der Waals surface area contributed by atoms with Crippen LogP contribution in [0, 0.1) is 11.7 Å². The number of fused-ring (bicyclic) bond motifs is 1. The molecule has 1 aromatic carbocycles. The van der Waals surface area contributed by atoms with Crippen molar-refractivity contribution in [3.05, 3.63) is 47.7 Å². The molecule has 3 heterocycles. The lowest BCUT2D eigenvalue weighted by atomic mass is 9.80. The van der Waals surface area contributed by atoms with Crippen molar-refractivity contribution >= 4 is 17.6 Å². The standard InChI is InChI=1S/C19H20FN5O4/c1-2-28-16-7-22-15(6-23-16)17(26)24-12-3-4-14(20)13(5-12)19-10-27-8-11(19)9-29-18(21)25-19/h3-7,11H,2,8-10H2,1H3,(H2,21,25)(H,24,26)/t11?,19-/m0/s1. The number of aromatic nitrogens is 2. The smallest absolute Gasteiger partial charge is 0.282 e. The number of amides is 1. The molecule has 3 N–H and O–H groups in total. The number of anilines is 1. The third kappa shape index (κ3) is 3.58. The first kappa shape index (κ1) is 19.1. The summed E-state index contributed by atoms with van der Waals surface area (Å²) in [6.07, 6.45) is 2.68. The van der Waals surface area contributed by atoms with E-state index >= 15 is 0 Å². The Morgan fingerprint density at radius 3 is 3.00 bits per heavy atom. The van der Waals surface area contributed by atoms with Crippen molar-refractivity contribution in [1.29, 1.82) is 0 Å². The monoisotopic (exact) mass is 401 g/mol. The molecule has 2 aromatic rings. The molecule has 0 radical (unpaired) electrons. The molecule has 0 saturated carbocycles. The van der Waals surface area contributed by atoms with Crippen LogP contribution >= 0.6 is 0 Å². The first-order chi connectivity index (χ1) is 14.0. The van der Waals surface area contributed by atoms with E-state index in [2.05, 4.69) is 20.3 Å². The summed E-state index contributed by atoms with van der Waals surface area (Å²) in [4.78, 5) is 24.9. The summed E-state index contributed by atoms with van der Waals surface area (Å²) in [7, 11) is 0. The number of carbonyl (C=O) groups excluding carboxylic acids is 1. The summed E-state index contributed by atoms with van der Waals surface area (Å²) in [5.41, 5.74) is 5.56. The van der Waals surface area contributed by atoms with Gasteiger partial charge in [0.2, 0.25) is 5.88 Å². The number of halogens is 1. The molecule has 1 unspecified atom stereocenters. The first-order valence-corrected chi connectivity index (χ1v) is 9.14. The molecule has 1 amide bonds. The maximum atomic E-state index is 14.7. The highest BCUT2D eigenvalue weighted by atomic mass is 19.1. The highest BCUT2D eigenvalue weighted by Crippen LogP contribution is 2.43. The summed E-state index contributed by atoms with van der Waals surface area (Å²) in [6, 6.07) is 4.27. The maximum Gasteiger partial charge on any atom is 0.282 e. The van der Waals surface area contributed by atoms with E-state index in [1.165, 1.54) is 24.5 Å². The molecular formula is C19H20FN5O4. The van der Waals surface area contributed by atoms with Gasteiger partial charge in [0.15, 0.2) is 0 Å². The van der Waals surface area contributed by atoms with Gasteiger partial charge in [-0.3, -0.25) is 4.79 Å². The van der Waals surface area contributed by atoms with E-state index in [9.17, 15) is 9.18 Å². The van der Waals surface area contributed by atoms with E-state index in [0.29, 0.717) is 30.3 Å². The Hall–Kier alpha value is -3.27. The van der Waals surface area contributed by atoms with Crippen molar-refractivity contribution < 1.29 is 23.4 Å². The lowest BCUT2D eigenvalue weighted by Gasteiger charge is -2.34. The maximum absolute atomic E-state index is 14.7. The highest BCUT2D eigenvalue weighted by Gasteiger charge is 2.50. The zero-order valence-electron chi connectivity index (χ0n) is 15.7. The molecule has 2 atom stereocenters. The second-order valence-corrected chi connectivity index (χ2v) is 6.72. The summed E-state index contributed by atoms with van der Waals surface area (Å²) in [6.45, 7) is 3.12. The molecule has 1 aromatic heterocycles. The summed E-state index contributed by atoms with van der Waals surface area (Å²) >= 11 is 0. The minimum absolute atomic E-state index is 0.00903. The number of hydrogen-bond donors (Lipinski definition) is 2. The van der Waals surface area contributed by atoms with Gasteiger partial charge >= 0.3 is 0 Å². The molecule has 10 heteroatoms. The molecule has 1 fully saturated rings. The lowest BCUT2D eigenvalue weighted by Crippen LogP contribution is -2.43. The minimum atomic E-state index is -0.980. The second kappa shape index (κ2) is 7.63. The first-order valence-electron chi connectivity index (χ1n) is 9.14. The SMILES string of the molecule is CCOc1cnc(C(=O)Nc2ccc(F)c([C@]34COCC3COC(N)=N4)c2)cn1. The van der Waals surface area contributed by atoms with Crippen LogP contribution in [0.15, 0.2) is 35.6 Å². The van der Waals surface area contributed by atoms with Crippen molar-refractivity contribution in [2.45, 2.75) is 12.5 Å². The van der Waals surface area contributed by atoms with Gasteiger partial charge in [-0.15, -0.1) is 0 Å². The summed E-state index contributed by atoms with van der Waals surface area (Å²) in [5.74, 6) is -0.788. The molecule has 0 bridgehead atoms. The average Bonchev–Trinajstić information content (AvgIpc) is 3.14. The number of benzene rings is 1. The number of nitrogens with zero attached hydrogens (tertiary/aromatic N) is 3. The van der Waals surface area contributed by atoms with Gasteiger partial charge in [0, 0.05) is 17.2 Å². The Bertz CT molecular complexity index is 952. The number of ether oxygens (including phenoxy) is 3. The van der Waals surface area contributed by atoms with Crippen LogP contribution in [0.5, 0.6) is 5.88 Å². The number of nitrogens with two attached hydrogens (primary N) is 1. The lowest BCUT2D eigenvalue weighted by molar-refractivity contribution is 0.102. The molecule has 152 valence electrons. The number of hydrogen-bond acceptors (Lipinski definition) is 8. The van der Waals surface area contributed by atoms with Gasteiger partial charge in [-0.25, -0.2) is 19.4 Å². The number of carbonyl (C=O) groups is 1. The van der Waals surface area contributed by atoms with E-state index in [-0.39, 0.29) is 30.8 Å². The molecule has 0 aliphatic carbocycles. The molecule has 1 saturated heterocycles. The van der Waals surface area contributed by atoms with Crippen LogP contribution in [-0.4, -0.2) is 48.3 Å². The minimum Gasteiger partial charge on any atom is -0.477 e. The van der Waals surface area contributed by atoms with Crippen LogP contribution in [0.25, 0.3) is 0 Å². The van der Waals surface area contributed by atoms with Crippen molar-refractivity contribution in [3.63, 3.8) is 0 Å². The molecule has 9 nitrogen and oxygen atoms in total. The quantitative estimate of drug-likeness (QED) is 0.778. The largest absolute Gasteiger partial charge is 0.477 e. The molecular weight excluding hydrogens is 381 g/mol. The van der Waals surface area contributed by atoms with Gasteiger partial charge in [0.25, 0.3) is 11.9 Å². The van der Waals surface area contributed by atoms with Crippen LogP contribution in [0.2, 0.25) is 0 Å². The average molecular weight is 401 g/mol. The van der Waals surface area contributed by atoms with Crippen molar-refractivity contribution in [3.8, 4) is 5.88 Å². The Morgan fingerprint density at radius 1 is 1.38 bits per heavy atom. The fraction of sp³-hybridized carbons (Fsp3) is 0.368. The third-order valence-electron chi connectivity index (χ3n) is 4.90. The van der Waals surface area contributed by atoms with E-state index in [0.717, 1.165) is 0 Å². The molecule has 29 heavy (non-hydrogen) atoms. The van der Waals surface area contributed by atoms with Crippen LogP contribution < -0.4 is 15.8 Å². The predicted octanol–water partition coefficient (Wildman–Crippen LogP) is 1.45. The molecule has 4 rings (SSSR count). The van der Waals surface area contributed by atoms with Crippen LogP contribution in [0.4, 0.5) is 10.1 Å². The van der Waals surface area contributed by atoms with Gasteiger partial charge in [0.05, 0.1) is 38.8 Å². The summed E-state index contributed by atoms with van der Waals surface area (Å²) < 4.78 is 30.8. The zero-order valence-corrected chi connectivity index (χ0v) is 15.7. The van der Waals surface area contributed by atoms with Crippen LogP contribution in [0.3, 0.4) is 0 Å². The number of rotatable bonds is 5. The Labute approximate surface area is 166 Å². The predicted molar refractivity (Wildman–Crippen MR) is 101 cm³/mol. The Kier molecular flexibility index (Phi) is 5.01. The Morgan fingerprint density at radius 2 is 2.24 bits per heavy atom. The van der Waals surface area contributed by atoms with Crippen LogP contribution in [-0.2, 0) is 15.0 Å². The van der Waals surface area contributed by atoms with E-state index in [1.807, 2.05) is 6.92 Å². The van der Waals surface area contributed by atoms with Gasteiger partial charge in [-0.2, -0.15) is 0 Å². The van der Waals surface area contributed by atoms with Gasteiger partial charge < -0.3 is 25.3 Å². The van der Waals surface area contributed by atoms with Crippen molar-refractivity contribution in [1.82, 2.24) is 9.97 Å².